The lowest BCUT2D eigenvalue weighted by atomic mass is 10.1. The molecule has 1 N–H and O–H groups in total. The molecule has 6 nitrogen and oxygen atoms in total. The van der Waals surface area contributed by atoms with Gasteiger partial charge < -0.3 is 19.3 Å². The van der Waals surface area contributed by atoms with Gasteiger partial charge in [-0.05, 0) is 18.6 Å². The van der Waals surface area contributed by atoms with E-state index >= 15 is 0 Å². The maximum Gasteiger partial charge on any atom is 0.287 e. The van der Waals surface area contributed by atoms with Crippen LogP contribution in [0.5, 0.6) is 0 Å². The summed E-state index contributed by atoms with van der Waals surface area (Å²) in [6.45, 7) is 2.81. The zero-order valence-corrected chi connectivity index (χ0v) is 11.1. The highest BCUT2D eigenvalue weighted by Gasteiger charge is 2.21. The number of nitrogens with one attached hydrogen (secondary N) is 1. The van der Waals surface area contributed by atoms with Gasteiger partial charge in [-0.3, -0.25) is 4.79 Å². The van der Waals surface area contributed by atoms with Crippen LogP contribution in [0.4, 0.5) is 0 Å². The SMILES string of the molecule is CCC1=NO[C@@H](CNC(=O)c2ccc(COC)o2)C1. The molecule has 0 spiro atoms. The quantitative estimate of drug-likeness (QED) is 0.850. The van der Waals surface area contributed by atoms with Gasteiger partial charge in [0.1, 0.15) is 18.5 Å². The molecule has 0 radical (unpaired) electrons. The van der Waals surface area contributed by atoms with E-state index < -0.39 is 0 Å². The number of rotatable bonds is 6. The van der Waals surface area contributed by atoms with E-state index in [0.717, 1.165) is 18.6 Å². The minimum atomic E-state index is -0.254. The van der Waals surface area contributed by atoms with E-state index in [9.17, 15) is 4.79 Å². The summed E-state index contributed by atoms with van der Waals surface area (Å²) in [4.78, 5) is 17.0. The summed E-state index contributed by atoms with van der Waals surface area (Å²) in [5.41, 5.74) is 1.03. The third-order valence-corrected chi connectivity index (χ3v) is 2.86. The molecule has 0 aliphatic carbocycles. The Bertz CT molecular complexity index is 467. The number of furan rings is 1. The maximum atomic E-state index is 11.8. The smallest absolute Gasteiger partial charge is 0.287 e. The molecular weight excluding hydrogens is 248 g/mol. The molecule has 0 fully saturated rings. The van der Waals surface area contributed by atoms with Crippen molar-refractivity contribution in [2.24, 2.45) is 5.16 Å². The van der Waals surface area contributed by atoms with Gasteiger partial charge in [0.15, 0.2) is 5.76 Å². The predicted octanol–water partition coefficient (Wildman–Crippen LogP) is 1.71. The van der Waals surface area contributed by atoms with Crippen molar-refractivity contribution in [2.75, 3.05) is 13.7 Å². The first-order valence-corrected chi connectivity index (χ1v) is 6.30. The van der Waals surface area contributed by atoms with Gasteiger partial charge in [0.05, 0.1) is 12.3 Å². The van der Waals surface area contributed by atoms with Gasteiger partial charge in [-0.15, -0.1) is 0 Å². The Balaban J connectivity index is 1.78. The van der Waals surface area contributed by atoms with Crippen molar-refractivity contribution in [2.45, 2.75) is 32.5 Å². The van der Waals surface area contributed by atoms with Crippen LogP contribution in [0.1, 0.15) is 36.1 Å². The molecule has 1 aliphatic rings. The van der Waals surface area contributed by atoms with Crippen molar-refractivity contribution in [3.8, 4) is 0 Å². The standard InChI is InChI=1S/C13H18N2O4/c1-3-9-6-11(19-15-9)7-14-13(16)12-5-4-10(18-12)8-17-2/h4-5,11H,3,6-8H2,1-2H3,(H,14,16)/t11-/m1/s1. The van der Waals surface area contributed by atoms with E-state index in [2.05, 4.69) is 10.5 Å². The van der Waals surface area contributed by atoms with Crippen LogP contribution in [0.2, 0.25) is 0 Å². The van der Waals surface area contributed by atoms with Crippen LogP contribution in [0.3, 0.4) is 0 Å². The molecular formula is C13H18N2O4. The van der Waals surface area contributed by atoms with Crippen molar-refractivity contribution in [1.82, 2.24) is 5.32 Å². The third-order valence-electron chi connectivity index (χ3n) is 2.86. The van der Waals surface area contributed by atoms with E-state index in [1.807, 2.05) is 6.92 Å². The largest absolute Gasteiger partial charge is 0.453 e. The summed E-state index contributed by atoms with van der Waals surface area (Å²) in [6.07, 6.45) is 1.57. The predicted molar refractivity (Wildman–Crippen MR) is 69.0 cm³/mol. The molecule has 2 heterocycles. The molecule has 104 valence electrons. The van der Waals surface area contributed by atoms with Gasteiger partial charge in [-0.2, -0.15) is 0 Å². The van der Waals surface area contributed by atoms with Gasteiger partial charge in [0.25, 0.3) is 5.91 Å². The molecule has 19 heavy (non-hydrogen) atoms. The zero-order chi connectivity index (χ0) is 13.7. The van der Waals surface area contributed by atoms with Crippen molar-refractivity contribution < 1.29 is 18.8 Å². The monoisotopic (exact) mass is 266 g/mol. The number of carbonyl (C=O) groups is 1. The lowest BCUT2D eigenvalue weighted by Gasteiger charge is -2.08. The molecule has 1 atom stereocenters. The van der Waals surface area contributed by atoms with Gasteiger partial charge >= 0.3 is 0 Å². The van der Waals surface area contributed by atoms with Crippen LogP contribution in [0, 0.1) is 0 Å². The Morgan fingerprint density at radius 2 is 2.42 bits per heavy atom. The first-order chi connectivity index (χ1) is 9.22. The second kappa shape index (κ2) is 6.38. The number of methoxy groups -OCH3 is 1. The Morgan fingerprint density at radius 3 is 3.11 bits per heavy atom. The number of ether oxygens (including phenoxy) is 1. The highest BCUT2D eigenvalue weighted by atomic mass is 16.6. The van der Waals surface area contributed by atoms with E-state index in [1.165, 1.54) is 0 Å². The number of nitrogens with zero attached hydrogens (tertiary/aromatic N) is 1. The van der Waals surface area contributed by atoms with Crippen LogP contribution in [0.25, 0.3) is 0 Å². The van der Waals surface area contributed by atoms with Crippen LogP contribution < -0.4 is 5.32 Å². The van der Waals surface area contributed by atoms with Gasteiger partial charge in [-0.1, -0.05) is 12.1 Å². The summed E-state index contributed by atoms with van der Waals surface area (Å²) < 4.78 is 10.3. The summed E-state index contributed by atoms with van der Waals surface area (Å²) in [6, 6.07) is 3.36. The molecule has 6 heteroatoms. The topological polar surface area (TPSA) is 73.1 Å². The summed E-state index contributed by atoms with van der Waals surface area (Å²) in [5.74, 6) is 0.652. The van der Waals surface area contributed by atoms with Crippen LogP contribution in [-0.2, 0) is 16.2 Å². The van der Waals surface area contributed by atoms with Crippen LogP contribution in [0.15, 0.2) is 21.7 Å². The number of hydrogen-bond donors (Lipinski definition) is 1. The van der Waals surface area contributed by atoms with Gasteiger partial charge in [-0.25, -0.2) is 0 Å². The van der Waals surface area contributed by atoms with Crippen molar-refractivity contribution in [3.63, 3.8) is 0 Å². The average Bonchev–Trinajstić information content (AvgIpc) is 3.05. The maximum absolute atomic E-state index is 11.8. The highest BCUT2D eigenvalue weighted by Crippen LogP contribution is 2.12. The number of oxime groups is 1. The number of amides is 1. The molecule has 0 bridgehead atoms. The Hall–Kier alpha value is -1.82. The molecule has 1 aromatic heterocycles. The third kappa shape index (κ3) is 3.57. The molecule has 1 amide bonds. The fourth-order valence-electron chi connectivity index (χ4n) is 1.82. The molecule has 1 aliphatic heterocycles. The lowest BCUT2D eigenvalue weighted by Crippen LogP contribution is -2.32. The van der Waals surface area contributed by atoms with Crippen LogP contribution >= 0.6 is 0 Å². The summed E-state index contributed by atoms with van der Waals surface area (Å²) in [7, 11) is 1.57. The van der Waals surface area contributed by atoms with Crippen molar-refractivity contribution in [1.29, 1.82) is 0 Å². The second-order valence-electron chi connectivity index (χ2n) is 4.35. The molecule has 1 aromatic rings. The summed E-state index contributed by atoms with van der Waals surface area (Å²) >= 11 is 0. The fourth-order valence-corrected chi connectivity index (χ4v) is 1.82. The Morgan fingerprint density at radius 1 is 1.58 bits per heavy atom. The molecule has 0 saturated heterocycles. The molecule has 0 unspecified atom stereocenters. The van der Waals surface area contributed by atoms with Crippen molar-refractivity contribution >= 4 is 11.6 Å². The van der Waals surface area contributed by atoms with Gasteiger partial charge in [0.2, 0.25) is 0 Å². The zero-order valence-electron chi connectivity index (χ0n) is 11.1. The van der Waals surface area contributed by atoms with Gasteiger partial charge in [0, 0.05) is 13.5 Å². The van der Waals surface area contributed by atoms with E-state index in [1.54, 1.807) is 19.2 Å². The number of hydrogen-bond acceptors (Lipinski definition) is 5. The average molecular weight is 266 g/mol. The highest BCUT2D eigenvalue weighted by molar-refractivity contribution is 5.91. The van der Waals surface area contributed by atoms with Crippen LogP contribution in [-0.4, -0.2) is 31.4 Å². The normalized spacial score (nSPS) is 18.0. The Kier molecular flexibility index (Phi) is 4.57. The first-order valence-electron chi connectivity index (χ1n) is 6.30. The summed E-state index contributed by atoms with van der Waals surface area (Å²) in [5, 5.41) is 6.71. The molecule has 0 aromatic carbocycles. The Labute approximate surface area is 111 Å². The number of carbonyl (C=O) groups excluding carboxylic acids is 1. The molecule has 2 rings (SSSR count). The minimum absolute atomic E-state index is 0.0766. The first kappa shape index (κ1) is 13.6. The lowest BCUT2D eigenvalue weighted by molar-refractivity contribution is 0.0736. The molecule has 0 saturated carbocycles. The van der Waals surface area contributed by atoms with Crippen molar-refractivity contribution in [3.05, 3.63) is 23.7 Å². The van der Waals surface area contributed by atoms with E-state index in [4.69, 9.17) is 14.0 Å². The fraction of sp³-hybridized carbons (Fsp3) is 0.538. The second-order valence-corrected chi connectivity index (χ2v) is 4.35. The minimum Gasteiger partial charge on any atom is -0.453 e. The van der Waals surface area contributed by atoms with E-state index in [0.29, 0.717) is 18.9 Å². The van der Waals surface area contributed by atoms with E-state index in [-0.39, 0.29) is 17.8 Å².